The summed E-state index contributed by atoms with van der Waals surface area (Å²) in [6.45, 7) is 8.49. The van der Waals surface area contributed by atoms with Gasteiger partial charge in [0.15, 0.2) is 11.5 Å². The maximum atomic E-state index is 5.54. The molecule has 1 aromatic rings. The van der Waals surface area contributed by atoms with Crippen molar-refractivity contribution in [3.05, 3.63) is 42.0 Å². The third-order valence-corrected chi connectivity index (χ3v) is 3.44. The van der Waals surface area contributed by atoms with Crippen molar-refractivity contribution in [3.8, 4) is 11.5 Å². The topological polar surface area (TPSA) is 18.5 Å². The fourth-order valence-corrected chi connectivity index (χ4v) is 2.42. The van der Waals surface area contributed by atoms with Crippen LogP contribution in [0.15, 0.2) is 36.4 Å². The lowest BCUT2D eigenvalue weighted by Gasteiger charge is -2.11. The smallest absolute Gasteiger partial charge is 0.161 e. The van der Waals surface area contributed by atoms with Crippen molar-refractivity contribution in [2.75, 3.05) is 19.0 Å². The second-order valence-corrected chi connectivity index (χ2v) is 5.08. The van der Waals surface area contributed by atoms with Gasteiger partial charge < -0.3 is 9.47 Å². The summed E-state index contributed by atoms with van der Waals surface area (Å²) in [5.41, 5.74) is 2.47. The van der Waals surface area contributed by atoms with Crippen molar-refractivity contribution in [1.82, 2.24) is 0 Å². The predicted molar refractivity (Wildman–Crippen MR) is 85.3 cm³/mol. The van der Waals surface area contributed by atoms with Crippen LogP contribution < -0.4 is 9.47 Å². The standard InChI is InChI=1S/C16H21BrO2/c1-5-8-19-15-7-6-13(10-16(15)18-4)9-14(11-17)12(2)3/h5-7,9-10,12H,1,8,11H2,2-4H3. The minimum absolute atomic E-state index is 0.476. The normalized spacial score (nSPS) is 11.5. The molecule has 0 aliphatic carbocycles. The number of rotatable bonds is 7. The van der Waals surface area contributed by atoms with Gasteiger partial charge in [0.05, 0.1) is 7.11 Å². The van der Waals surface area contributed by atoms with Crippen LogP contribution in [0, 0.1) is 5.92 Å². The summed E-state index contributed by atoms with van der Waals surface area (Å²) in [5.74, 6) is 2.00. The molecule has 0 aliphatic rings. The summed E-state index contributed by atoms with van der Waals surface area (Å²) < 4.78 is 10.9. The summed E-state index contributed by atoms with van der Waals surface area (Å²) in [4.78, 5) is 0. The summed E-state index contributed by atoms with van der Waals surface area (Å²) >= 11 is 3.52. The second kappa shape index (κ2) is 8.05. The molecule has 0 saturated carbocycles. The highest BCUT2D eigenvalue weighted by Crippen LogP contribution is 2.29. The largest absolute Gasteiger partial charge is 0.493 e. The predicted octanol–water partition coefficient (Wildman–Crippen LogP) is 4.69. The number of hydrogen-bond acceptors (Lipinski definition) is 2. The second-order valence-electron chi connectivity index (χ2n) is 4.52. The van der Waals surface area contributed by atoms with E-state index in [0.29, 0.717) is 12.5 Å². The van der Waals surface area contributed by atoms with Crippen LogP contribution in [0.4, 0.5) is 0 Å². The summed E-state index contributed by atoms with van der Waals surface area (Å²) in [7, 11) is 1.65. The average molecular weight is 325 g/mol. The molecule has 0 spiro atoms. The van der Waals surface area contributed by atoms with Crippen molar-refractivity contribution in [1.29, 1.82) is 0 Å². The Hall–Kier alpha value is -1.22. The van der Waals surface area contributed by atoms with Gasteiger partial charge in [-0.15, -0.1) is 0 Å². The number of halogens is 1. The van der Waals surface area contributed by atoms with E-state index in [1.807, 2.05) is 18.2 Å². The molecular weight excluding hydrogens is 304 g/mol. The van der Waals surface area contributed by atoms with Gasteiger partial charge in [0, 0.05) is 5.33 Å². The zero-order valence-corrected chi connectivity index (χ0v) is 13.4. The zero-order chi connectivity index (χ0) is 14.3. The van der Waals surface area contributed by atoms with E-state index in [1.54, 1.807) is 13.2 Å². The molecule has 104 valence electrons. The van der Waals surface area contributed by atoms with Gasteiger partial charge in [-0.3, -0.25) is 0 Å². The lowest BCUT2D eigenvalue weighted by molar-refractivity contribution is 0.326. The van der Waals surface area contributed by atoms with Gasteiger partial charge in [-0.2, -0.15) is 0 Å². The number of alkyl halides is 1. The Kier molecular flexibility index (Phi) is 6.71. The Bertz CT molecular complexity index is 450. The number of ether oxygens (including phenoxy) is 2. The molecule has 0 bridgehead atoms. The van der Waals surface area contributed by atoms with Crippen LogP contribution in [-0.4, -0.2) is 19.0 Å². The first-order valence-corrected chi connectivity index (χ1v) is 7.42. The lowest BCUT2D eigenvalue weighted by atomic mass is 10.0. The minimum Gasteiger partial charge on any atom is -0.493 e. The van der Waals surface area contributed by atoms with Crippen molar-refractivity contribution < 1.29 is 9.47 Å². The van der Waals surface area contributed by atoms with Crippen LogP contribution in [0.5, 0.6) is 11.5 Å². The highest BCUT2D eigenvalue weighted by Gasteiger charge is 2.06. The van der Waals surface area contributed by atoms with E-state index in [1.165, 1.54) is 5.57 Å². The van der Waals surface area contributed by atoms with E-state index >= 15 is 0 Å². The number of hydrogen-bond donors (Lipinski definition) is 0. The molecule has 19 heavy (non-hydrogen) atoms. The van der Waals surface area contributed by atoms with Crippen molar-refractivity contribution in [3.63, 3.8) is 0 Å². The first-order chi connectivity index (χ1) is 9.12. The summed E-state index contributed by atoms with van der Waals surface area (Å²) in [6, 6.07) is 5.95. The molecule has 0 aromatic heterocycles. The maximum Gasteiger partial charge on any atom is 0.161 e. The highest BCUT2D eigenvalue weighted by atomic mass is 79.9. The molecule has 1 aromatic carbocycles. The third kappa shape index (κ3) is 4.75. The number of allylic oxidation sites excluding steroid dienone is 1. The minimum atomic E-state index is 0.476. The molecule has 0 saturated heterocycles. The quantitative estimate of drug-likeness (QED) is 0.535. The molecule has 0 aliphatic heterocycles. The van der Waals surface area contributed by atoms with Crippen LogP contribution in [0.3, 0.4) is 0 Å². The fourth-order valence-electron chi connectivity index (χ4n) is 1.62. The van der Waals surface area contributed by atoms with Crippen molar-refractivity contribution >= 4 is 22.0 Å². The van der Waals surface area contributed by atoms with Gasteiger partial charge in [0.1, 0.15) is 6.61 Å². The van der Waals surface area contributed by atoms with E-state index in [0.717, 1.165) is 22.4 Å². The number of methoxy groups -OCH3 is 1. The van der Waals surface area contributed by atoms with Crippen LogP contribution in [0.1, 0.15) is 19.4 Å². The maximum absolute atomic E-state index is 5.54. The molecule has 0 radical (unpaired) electrons. The Morgan fingerprint density at radius 2 is 2.11 bits per heavy atom. The van der Waals surface area contributed by atoms with Gasteiger partial charge in [-0.25, -0.2) is 0 Å². The molecule has 1 rings (SSSR count). The van der Waals surface area contributed by atoms with Crippen LogP contribution in [0.25, 0.3) is 6.08 Å². The number of benzene rings is 1. The Balaban J connectivity index is 3.02. The summed E-state index contributed by atoms with van der Waals surface area (Å²) in [5, 5.41) is 0.877. The molecule has 0 unspecified atom stereocenters. The SMILES string of the molecule is C=CCOc1ccc(C=C(CBr)C(C)C)cc1OC. The van der Waals surface area contributed by atoms with E-state index in [-0.39, 0.29) is 0 Å². The van der Waals surface area contributed by atoms with E-state index in [2.05, 4.69) is 42.4 Å². The Morgan fingerprint density at radius 3 is 2.63 bits per heavy atom. The molecule has 0 N–H and O–H groups in total. The summed E-state index contributed by atoms with van der Waals surface area (Å²) in [6.07, 6.45) is 3.90. The van der Waals surface area contributed by atoms with Crippen molar-refractivity contribution in [2.45, 2.75) is 13.8 Å². The van der Waals surface area contributed by atoms with E-state index in [4.69, 9.17) is 9.47 Å². The first-order valence-electron chi connectivity index (χ1n) is 6.30. The molecule has 3 heteroatoms. The first kappa shape index (κ1) is 15.8. The van der Waals surface area contributed by atoms with Gasteiger partial charge in [-0.05, 0) is 23.6 Å². The van der Waals surface area contributed by atoms with E-state index in [9.17, 15) is 0 Å². The van der Waals surface area contributed by atoms with Crippen molar-refractivity contribution in [2.24, 2.45) is 5.92 Å². The molecular formula is C16H21BrO2. The average Bonchev–Trinajstić information content (AvgIpc) is 2.42. The zero-order valence-electron chi connectivity index (χ0n) is 11.8. The van der Waals surface area contributed by atoms with Crippen LogP contribution in [-0.2, 0) is 0 Å². The highest BCUT2D eigenvalue weighted by molar-refractivity contribution is 9.09. The molecule has 2 nitrogen and oxygen atoms in total. The monoisotopic (exact) mass is 324 g/mol. The van der Waals surface area contributed by atoms with Crippen LogP contribution in [0.2, 0.25) is 0 Å². The van der Waals surface area contributed by atoms with E-state index < -0.39 is 0 Å². The van der Waals surface area contributed by atoms with Gasteiger partial charge in [0.25, 0.3) is 0 Å². The molecule has 0 atom stereocenters. The Labute approximate surface area is 124 Å². The third-order valence-electron chi connectivity index (χ3n) is 2.79. The molecule has 0 amide bonds. The van der Waals surface area contributed by atoms with Gasteiger partial charge >= 0.3 is 0 Å². The lowest BCUT2D eigenvalue weighted by Crippen LogP contribution is -1.97. The molecule has 0 heterocycles. The van der Waals surface area contributed by atoms with Gasteiger partial charge in [0.2, 0.25) is 0 Å². The molecule has 0 fully saturated rings. The fraction of sp³-hybridized carbons (Fsp3) is 0.375. The Morgan fingerprint density at radius 1 is 1.37 bits per heavy atom. The van der Waals surface area contributed by atoms with Gasteiger partial charge in [-0.1, -0.05) is 60.1 Å². The van der Waals surface area contributed by atoms with Crippen LogP contribution >= 0.6 is 15.9 Å².